The lowest BCUT2D eigenvalue weighted by molar-refractivity contribution is -0.0221. The van der Waals surface area contributed by atoms with E-state index in [1.54, 1.807) is 18.3 Å². The summed E-state index contributed by atoms with van der Waals surface area (Å²) in [5.74, 6) is -1.53. The zero-order valence-corrected chi connectivity index (χ0v) is 17.9. The molecule has 1 amide bonds. The van der Waals surface area contributed by atoms with Crippen molar-refractivity contribution in [2.24, 2.45) is 5.14 Å². The zero-order valence-electron chi connectivity index (χ0n) is 17.1. The Morgan fingerprint density at radius 2 is 1.87 bits per heavy atom. The van der Waals surface area contributed by atoms with Crippen molar-refractivity contribution in [2.75, 3.05) is 23.3 Å². The van der Waals surface area contributed by atoms with Gasteiger partial charge >= 0.3 is 0 Å². The monoisotopic (exact) mass is 445 g/mol. The highest BCUT2D eigenvalue weighted by Crippen LogP contribution is 2.49. The highest BCUT2D eigenvalue weighted by molar-refractivity contribution is 7.97. The van der Waals surface area contributed by atoms with E-state index in [-0.39, 0.29) is 31.8 Å². The van der Waals surface area contributed by atoms with Crippen LogP contribution in [0.4, 0.5) is 20.3 Å². The second kappa shape index (κ2) is 8.02. The van der Waals surface area contributed by atoms with Crippen molar-refractivity contribution in [3.63, 3.8) is 0 Å². The van der Waals surface area contributed by atoms with Crippen LogP contribution in [-0.4, -0.2) is 34.9 Å². The minimum atomic E-state index is -2.65. The van der Waals surface area contributed by atoms with Crippen LogP contribution in [0.25, 0.3) is 0 Å². The topological polar surface area (TPSA) is 84.1 Å². The molecule has 1 aliphatic heterocycles. The molecule has 2 aromatic heterocycles. The number of carbonyl (C=O) groups is 1. The van der Waals surface area contributed by atoms with Crippen molar-refractivity contribution >= 4 is 29.4 Å². The lowest BCUT2D eigenvalue weighted by Crippen LogP contribution is -2.40. The third-order valence-electron chi connectivity index (χ3n) is 6.20. The molecule has 0 radical (unpaired) electrons. The maximum Gasteiger partial charge on any atom is 0.259 e. The van der Waals surface area contributed by atoms with Crippen LogP contribution in [0.5, 0.6) is 0 Å². The van der Waals surface area contributed by atoms with Gasteiger partial charge in [0.05, 0.1) is 5.56 Å². The first-order chi connectivity index (χ1) is 14.9. The van der Waals surface area contributed by atoms with Crippen LogP contribution >= 0.6 is 11.9 Å². The number of hydrogen-bond acceptors (Lipinski definition) is 6. The van der Waals surface area contributed by atoms with Crippen molar-refractivity contribution < 1.29 is 13.6 Å². The van der Waals surface area contributed by atoms with E-state index in [1.165, 1.54) is 0 Å². The summed E-state index contributed by atoms with van der Waals surface area (Å²) in [6.45, 7) is 0.382. The van der Waals surface area contributed by atoms with Crippen LogP contribution in [0.2, 0.25) is 0 Å². The average Bonchev–Trinajstić information content (AvgIpc) is 3.66. The molecule has 0 bridgehead atoms. The van der Waals surface area contributed by atoms with E-state index < -0.39 is 5.92 Å². The summed E-state index contributed by atoms with van der Waals surface area (Å²) in [6, 6.07) is 5.37. The lowest BCUT2D eigenvalue weighted by Gasteiger charge is -2.34. The summed E-state index contributed by atoms with van der Waals surface area (Å²) < 4.78 is 27.5. The maximum absolute atomic E-state index is 13.8. The van der Waals surface area contributed by atoms with Crippen LogP contribution in [0, 0.1) is 0 Å². The van der Waals surface area contributed by atoms with E-state index in [0.717, 1.165) is 48.9 Å². The Hall–Kier alpha value is -2.26. The number of nitrogens with zero attached hydrogens (tertiary/aromatic N) is 3. The second-order valence-corrected chi connectivity index (χ2v) is 9.33. The van der Waals surface area contributed by atoms with Gasteiger partial charge in [-0.25, -0.2) is 18.7 Å². The largest absolute Gasteiger partial charge is 0.355 e. The molecule has 0 atom stereocenters. The number of amides is 1. The van der Waals surface area contributed by atoms with Gasteiger partial charge in [-0.3, -0.25) is 9.93 Å². The third-order valence-corrected chi connectivity index (χ3v) is 6.66. The number of aromatic nitrogens is 2. The summed E-state index contributed by atoms with van der Waals surface area (Å²) in [6.07, 6.45) is 5.57. The van der Waals surface area contributed by atoms with E-state index in [0.29, 0.717) is 33.9 Å². The van der Waals surface area contributed by atoms with Crippen molar-refractivity contribution in [3.05, 3.63) is 41.2 Å². The van der Waals surface area contributed by atoms with Gasteiger partial charge in [-0.1, -0.05) is 0 Å². The second-order valence-electron chi connectivity index (χ2n) is 8.68. The first kappa shape index (κ1) is 20.6. The Balaban J connectivity index is 1.50. The molecule has 0 unspecified atom stereocenters. The lowest BCUT2D eigenvalue weighted by atomic mass is 10.0. The van der Waals surface area contributed by atoms with E-state index in [9.17, 15) is 13.6 Å². The number of anilines is 2. The van der Waals surface area contributed by atoms with E-state index >= 15 is 0 Å². The Kier molecular flexibility index (Phi) is 5.34. The quantitative estimate of drug-likeness (QED) is 0.628. The summed E-state index contributed by atoms with van der Waals surface area (Å²) >= 11 is 1.00. The molecule has 164 valence electrons. The predicted molar refractivity (Wildman–Crippen MR) is 117 cm³/mol. The fourth-order valence-corrected chi connectivity index (χ4v) is 4.46. The molecule has 3 fully saturated rings. The van der Waals surface area contributed by atoms with E-state index in [1.807, 2.05) is 11.0 Å². The third kappa shape index (κ3) is 4.52. The normalized spacial score (nSPS) is 20.5. The molecule has 3 N–H and O–H groups in total. The van der Waals surface area contributed by atoms with Gasteiger partial charge in [0, 0.05) is 49.4 Å². The van der Waals surface area contributed by atoms with Gasteiger partial charge in [-0.05, 0) is 67.3 Å². The SMILES string of the molecule is NSc1cc(NC(=O)c2cc(C3CC3)c(C3CC3)nc2N2CCC(F)(F)CC2)ccn1. The van der Waals surface area contributed by atoms with Gasteiger partial charge in [0.15, 0.2) is 0 Å². The standard InChI is InChI=1S/C22H25F2N5OS/c23-22(24)6-9-29(10-7-22)20-17(21(30)27-15-5-8-26-18(11-15)31-25)12-16(13-1-2-13)19(28-20)14-3-4-14/h5,8,11-14H,1-4,6-7,9-10,25H2,(H,26,27,30). The summed E-state index contributed by atoms with van der Waals surface area (Å²) in [4.78, 5) is 24.2. The molecule has 3 aliphatic rings. The Labute approximate surface area is 184 Å². The number of alkyl halides is 2. The highest BCUT2D eigenvalue weighted by Gasteiger charge is 2.39. The van der Waals surface area contributed by atoms with E-state index in [4.69, 9.17) is 10.1 Å². The number of hydrogen-bond donors (Lipinski definition) is 2. The fraction of sp³-hybridized carbons (Fsp3) is 0.500. The molecule has 5 rings (SSSR count). The summed E-state index contributed by atoms with van der Waals surface area (Å²) in [5.41, 5.74) is 3.27. The number of pyridine rings is 2. The van der Waals surface area contributed by atoms with Crippen LogP contribution < -0.4 is 15.4 Å². The number of carbonyl (C=O) groups excluding carboxylic acids is 1. The molecule has 2 aromatic rings. The number of nitrogens with one attached hydrogen (secondary N) is 1. The van der Waals surface area contributed by atoms with Crippen molar-refractivity contribution in [1.29, 1.82) is 0 Å². The molecular formula is C22H25F2N5OS. The van der Waals surface area contributed by atoms with Crippen LogP contribution in [0.15, 0.2) is 29.4 Å². The molecule has 0 aromatic carbocycles. The average molecular weight is 446 g/mol. The zero-order chi connectivity index (χ0) is 21.6. The van der Waals surface area contributed by atoms with Crippen molar-refractivity contribution in [1.82, 2.24) is 9.97 Å². The van der Waals surface area contributed by atoms with E-state index in [2.05, 4.69) is 10.3 Å². The maximum atomic E-state index is 13.8. The molecule has 2 saturated carbocycles. The predicted octanol–water partition coefficient (Wildman–Crippen LogP) is 4.69. The van der Waals surface area contributed by atoms with Crippen LogP contribution in [0.1, 0.15) is 72.0 Å². The van der Waals surface area contributed by atoms with Gasteiger partial charge in [-0.2, -0.15) is 0 Å². The first-order valence-electron chi connectivity index (χ1n) is 10.8. The van der Waals surface area contributed by atoms with Gasteiger partial charge in [0.25, 0.3) is 11.8 Å². The first-order valence-corrected chi connectivity index (χ1v) is 11.6. The Morgan fingerprint density at radius 1 is 1.16 bits per heavy atom. The van der Waals surface area contributed by atoms with Gasteiger partial charge < -0.3 is 10.2 Å². The minimum absolute atomic E-state index is 0.191. The fourth-order valence-electron chi connectivity index (χ4n) is 4.14. The molecule has 3 heterocycles. The molecule has 1 saturated heterocycles. The molecule has 31 heavy (non-hydrogen) atoms. The summed E-state index contributed by atoms with van der Waals surface area (Å²) in [5, 5.41) is 9.09. The number of halogens is 2. The highest BCUT2D eigenvalue weighted by atomic mass is 32.2. The molecule has 0 spiro atoms. The smallest absolute Gasteiger partial charge is 0.259 e. The number of piperidine rings is 1. The Bertz CT molecular complexity index is 999. The summed E-state index contributed by atoms with van der Waals surface area (Å²) in [7, 11) is 0. The molecule has 2 aliphatic carbocycles. The van der Waals surface area contributed by atoms with Gasteiger partial charge in [0.1, 0.15) is 10.8 Å². The van der Waals surface area contributed by atoms with Crippen molar-refractivity contribution in [3.8, 4) is 0 Å². The van der Waals surface area contributed by atoms with Crippen LogP contribution in [0.3, 0.4) is 0 Å². The minimum Gasteiger partial charge on any atom is -0.355 e. The van der Waals surface area contributed by atoms with Crippen LogP contribution in [-0.2, 0) is 0 Å². The Morgan fingerprint density at radius 3 is 2.52 bits per heavy atom. The van der Waals surface area contributed by atoms with Gasteiger partial charge in [0.2, 0.25) is 0 Å². The molecule has 9 heteroatoms. The number of nitrogens with two attached hydrogens (primary N) is 1. The van der Waals surface area contributed by atoms with Gasteiger partial charge in [-0.15, -0.1) is 0 Å². The van der Waals surface area contributed by atoms with Crippen molar-refractivity contribution in [2.45, 2.75) is 61.3 Å². The molecule has 6 nitrogen and oxygen atoms in total. The number of rotatable bonds is 6. The molecular weight excluding hydrogens is 420 g/mol.